The predicted molar refractivity (Wildman–Crippen MR) is 91.4 cm³/mol. The van der Waals surface area contributed by atoms with Gasteiger partial charge in [0.25, 0.3) is 5.91 Å². The van der Waals surface area contributed by atoms with Crippen molar-refractivity contribution in [2.45, 2.75) is 43.7 Å². The summed E-state index contributed by atoms with van der Waals surface area (Å²) in [6.45, 7) is 5.06. The molecular weight excluding hydrogens is 329 g/mol. The lowest BCUT2D eigenvalue weighted by Gasteiger charge is -2.30. The lowest BCUT2D eigenvalue weighted by atomic mass is 9.82. The van der Waals surface area contributed by atoms with E-state index in [1.165, 1.54) is 0 Å². The number of anilines is 1. The molecule has 24 heavy (non-hydrogen) atoms. The molecule has 1 amide bonds. The Bertz CT molecular complexity index is 662. The standard InChI is InChI=1S/C17H24FNO4Si/c1-10-15(24(3,4)18)14(7-8-20)23-17(10)12-9-11(22-2)5-6-13(12)19-16(17)21/h5-6,9-10,14-15,20H,7-8H2,1-4H3,(H,19,21)/t10-,14+,15-,17+/m0/s1. The molecule has 0 aliphatic carbocycles. The number of amides is 1. The first-order valence-electron chi connectivity index (χ1n) is 8.23. The van der Waals surface area contributed by atoms with E-state index in [1.54, 1.807) is 38.4 Å². The van der Waals surface area contributed by atoms with Crippen LogP contribution in [0.3, 0.4) is 0 Å². The van der Waals surface area contributed by atoms with Gasteiger partial charge in [-0.2, -0.15) is 0 Å². The number of carbonyl (C=O) groups is 1. The molecule has 2 N–H and O–H groups in total. The van der Waals surface area contributed by atoms with E-state index in [4.69, 9.17) is 9.47 Å². The molecular formula is C17H24FNO4Si. The van der Waals surface area contributed by atoms with E-state index in [0.717, 1.165) is 0 Å². The molecule has 0 unspecified atom stereocenters. The van der Waals surface area contributed by atoms with E-state index in [2.05, 4.69) is 5.32 Å². The van der Waals surface area contributed by atoms with Crippen molar-refractivity contribution >= 4 is 20.0 Å². The largest absolute Gasteiger partial charge is 0.497 e. The van der Waals surface area contributed by atoms with Crippen molar-refractivity contribution in [2.24, 2.45) is 5.92 Å². The fraction of sp³-hybridized carbons (Fsp3) is 0.588. The third kappa shape index (κ3) is 2.37. The Morgan fingerprint density at radius 3 is 2.75 bits per heavy atom. The highest BCUT2D eigenvalue weighted by molar-refractivity contribution is 6.72. The molecule has 7 heteroatoms. The minimum atomic E-state index is -3.10. The van der Waals surface area contributed by atoms with Crippen LogP contribution in [0.4, 0.5) is 9.80 Å². The normalized spacial score (nSPS) is 32.1. The summed E-state index contributed by atoms with van der Waals surface area (Å²) < 4.78 is 26.5. The van der Waals surface area contributed by atoms with Crippen LogP contribution in [0, 0.1) is 5.92 Å². The van der Waals surface area contributed by atoms with E-state index < -0.39 is 20.1 Å². The Kier molecular flexibility index (Phi) is 4.22. The van der Waals surface area contributed by atoms with Crippen molar-refractivity contribution in [1.82, 2.24) is 0 Å². The second kappa shape index (κ2) is 5.82. The summed E-state index contributed by atoms with van der Waals surface area (Å²) >= 11 is 0. The average Bonchev–Trinajstić information content (AvgIpc) is 2.95. The number of nitrogens with one attached hydrogen (secondary N) is 1. The quantitative estimate of drug-likeness (QED) is 0.645. The summed E-state index contributed by atoms with van der Waals surface area (Å²) in [6.07, 6.45) is -0.150. The molecule has 1 fully saturated rings. The molecule has 0 radical (unpaired) electrons. The van der Waals surface area contributed by atoms with Gasteiger partial charge in [0, 0.05) is 29.3 Å². The average molecular weight is 353 g/mol. The summed E-state index contributed by atoms with van der Waals surface area (Å²) in [6, 6.07) is 5.34. The highest BCUT2D eigenvalue weighted by atomic mass is 28.4. The van der Waals surface area contributed by atoms with E-state index in [9.17, 15) is 9.90 Å². The molecule has 1 aromatic rings. The van der Waals surface area contributed by atoms with Crippen molar-refractivity contribution in [2.75, 3.05) is 19.0 Å². The smallest absolute Gasteiger partial charge is 0.261 e. The van der Waals surface area contributed by atoms with Crippen LogP contribution < -0.4 is 10.1 Å². The van der Waals surface area contributed by atoms with Gasteiger partial charge in [-0.05, 0) is 37.7 Å². The second-order valence-electron chi connectivity index (χ2n) is 7.15. The van der Waals surface area contributed by atoms with Crippen molar-refractivity contribution in [1.29, 1.82) is 0 Å². The molecule has 0 saturated carbocycles. The van der Waals surface area contributed by atoms with Crippen molar-refractivity contribution in [3.63, 3.8) is 0 Å². The SMILES string of the molecule is COc1ccc2c(c1)[C@@]1(O[C@H](CCO)[C@@H]([Si](C)(C)F)[C@@H]1C)C(=O)N2. The molecule has 4 atom stereocenters. The van der Waals surface area contributed by atoms with Gasteiger partial charge in [0.15, 0.2) is 5.60 Å². The zero-order valence-corrected chi connectivity index (χ0v) is 15.4. The number of hydrogen-bond donors (Lipinski definition) is 2. The van der Waals surface area contributed by atoms with Gasteiger partial charge in [-0.15, -0.1) is 0 Å². The Morgan fingerprint density at radius 2 is 2.17 bits per heavy atom. The molecule has 0 bridgehead atoms. The van der Waals surface area contributed by atoms with Crippen LogP contribution >= 0.6 is 0 Å². The zero-order chi connectivity index (χ0) is 17.7. The summed E-state index contributed by atoms with van der Waals surface area (Å²) in [7, 11) is -1.54. The summed E-state index contributed by atoms with van der Waals surface area (Å²) in [4.78, 5) is 12.8. The third-order valence-electron chi connectivity index (χ3n) is 5.34. The number of rotatable bonds is 4. The first-order chi connectivity index (χ1) is 11.3. The van der Waals surface area contributed by atoms with Crippen LogP contribution in [0.2, 0.25) is 18.6 Å². The predicted octanol–water partition coefficient (Wildman–Crippen LogP) is 2.80. The van der Waals surface area contributed by atoms with Gasteiger partial charge in [-0.1, -0.05) is 6.92 Å². The minimum Gasteiger partial charge on any atom is -0.497 e. The maximum Gasteiger partial charge on any atom is 0.261 e. The zero-order valence-electron chi connectivity index (χ0n) is 14.4. The van der Waals surface area contributed by atoms with Gasteiger partial charge >= 0.3 is 0 Å². The van der Waals surface area contributed by atoms with Crippen molar-refractivity contribution < 1.29 is 23.5 Å². The third-order valence-corrected chi connectivity index (χ3v) is 7.79. The number of aliphatic hydroxyl groups excluding tert-OH is 1. The molecule has 2 heterocycles. The number of hydrogen-bond acceptors (Lipinski definition) is 4. The maximum absolute atomic E-state index is 15.0. The van der Waals surface area contributed by atoms with Crippen LogP contribution in [0.5, 0.6) is 5.75 Å². The Labute approximate surface area is 142 Å². The van der Waals surface area contributed by atoms with Crippen molar-refractivity contribution in [3.05, 3.63) is 23.8 Å². The highest BCUT2D eigenvalue weighted by Crippen LogP contribution is 2.59. The van der Waals surface area contributed by atoms with Crippen LogP contribution in [0.15, 0.2) is 18.2 Å². The van der Waals surface area contributed by atoms with Gasteiger partial charge in [0.2, 0.25) is 8.41 Å². The van der Waals surface area contributed by atoms with Gasteiger partial charge in [0.05, 0.1) is 13.2 Å². The molecule has 2 aliphatic rings. The fourth-order valence-electron chi connectivity index (χ4n) is 4.37. The molecule has 1 saturated heterocycles. The second-order valence-corrected chi connectivity index (χ2v) is 10.9. The van der Waals surface area contributed by atoms with Gasteiger partial charge < -0.3 is 24.0 Å². The van der Waals surface area contributed by atoms with Crippen LogP contribution in [0.25, 0.3) is 0 Å². The van der Waals surface area contributed by atoms with E-state index in [1.807, 2.05) is 6.92 Å². The molecule has 1 aromatic carbocycles. The summed E-state index contributed by atoms with van der Waals surface area (Å²) in [5.41, 5.74) is -0.213. The number of carbonyl (C=O) groups excluding carboxylic acids is 1. The van der Waals surface area contributed by atoms with Gasteiger partial charge in [-0.25, -0.2) is 0 Å². The number of methoxy groups -OCH3 is 1. The topological polar surface area (TPSA) is 67.8 Å². The molecule has 0 aromatic heterocycles. The number of halogens is 1. The number of fused-ring (bicyclic) bond motifs is 2. The first-order valence-corrected chi connectivity index (χ1v) is 11.2. The Hall–Kier alpha value is -1.44. The Morgan fingerprint density at radius 1 is 1.46 bits per heavy atom. The minimum absolute atomic E-state index is 0.0962. The fourth-order valence-corrected chi connectivity index (χ4v) is 6.91. The summed E-state index contributed by atoms with van der Waals surface area (Å²) in [5, 5.41) is 12.2. The van der Waals surface area contributed by atoms with Gasteiger partial charge in [0.1, 0.15) is 5.75 Å². The van der Waals surface area contributed by atoms with Crippen molar-refractivity contribution in [3.8, 4) is 5.75 Å². The lowest BCUT2D eigenvalue weighted by molar-refractivity contribution is -0.143. The number of benzene rings is 1. The number of aliphatic hydroxyl groups is 1. The van der Waals surface area contributed by atoms with Crippen LogP contribution in [-0.4, -0.2) is 39.2 Å². The van der Waals surface area contributed by atoms with Crippen LogP contribution in [-0.2, 0) is 15.1 Å². The molecule has 2 aliphatic heterocycles. The van der Waals surface area contributed by atoms with Crippen LogP contribution in [0.1, 0.15) is 18.9 Å². The first kappa shape index (κ1) is 17.4. The lowest BCUT2D eigenvalue weighted by Crippen LogP contribution is -2.41. The van der Waals surface area contributed by atoms with E-state index in [-0.39, 0.29) is 24.0 Å². The molecule has 3 rings (SSSR count). The highest BCUT2D eigenvalue weighted by Gasteiger charge is 2.65. The summed E-state index contributed by atoms with van der Waals surface area (Å²) in [5.74, 6) is 0.0374. The molecule has 1 spiro atoms. The number of ether oxygens (including phenoxy) is 2. The van der Waals surface area contributed by atoms with Gasteiger partial charge in [-0.3, -0.25) is 4.79 Å². The maximum atomic E-state index is 15.0. The van der Waals surface area contributed by atoms with E-state index >= 15 is 4.11 Å². The Balaban J connectivity index is 2.12. The molecule has 132 valence electrons. The monoisotopic (exact) mass is 353 g/mol. The van der Waals surface area contributed by atoms with E-state index in [0.29, 0.717) is 23.4 Å². The molecule has 5 nitrogen and oxygen atoms in total.